The van der Waals surface area contributed by atoms with E-state index in [0.29, 0.717) is 11.1 Å². The maximum absolute atomic E-state index is 11.9. The van der Waals surface area contributed by atoms with E-state index >= 15 is 0 Å². The number of carbonyl (C=O) groups is 2. The molecule has 0 fully saturated rings. The van der Waals surface area contributed by atoms with Crippen molar-refractivity contribution in [3.63, 3.8) is 0 Å². The van der Waals surface area contributed by atoms with E-state index in [1.807, 2.05) is 30.3 Å². The van der Waals surface area contributed by atoms with Crippen LogP contribution in [0.2, 0.25) is 0 Å². The molecule has 0 aliphatic heterocycles. The van der Waals surface area contributed by atoms with Crippen molar-refractivity contribution >= 4 is 11.8 Å². The van der Waals surface area contributed by atoms with Gasteiger partial charge in [-0.3, -0.25) is 4.79 Å². The molecule has 0 radical (unpaired) electrons. The highest BCUT2D eigenvalue weighted by molar-refractivity contribution is 6.05. The number of rotatable bonds is 4. The number of hydrogen-bond donors (Lipinski definition) is 1. The SMILES string of the molecule is COc1cc(C(=O)O)cc(-c2ccccc2)c1C(C)=O. The third-order valence-electron chi connectivity index (χ3n) is 3.01. The van der Waals surface area contributed by atoms with Gasteiger partial charge in [0.1, 0.15) is 5.75 Å². The second-order valence-electron chi connectivity index (χ2n) is 4.33. The molecule has 0 amide bonds. The van der Waals surface area contributed by atoms with Crippen LogP contribution >= 0.6 is 0 Å². The summed E-state index contributed by atoms with van der Waals surface area (Å²) in [6.07, 6.45) is 0. The second-order valence-corrected chi connectivity index (χ2v) is 4.33. The number of ketones is 1. The third kappa shape index (κ3) is 2.54. The predicted molar refractivity (Wildman–Crippen MR) is 75.4 cm³/mol. The van der Waals surface area contributed by atoms with Gasteiger partial charge in [-0.05, 0) is 30.2 Å². The van der Waals surface area contributed by atoms with E-state index in [1.54, 1.807) is 0 Å². The molecule has 2 aromatic rings. The summed E-state index contributed by atoms with van der Waals surface area (Å²) in [5, 5.41) is 9.17. The van der Waals surface area contributed by atoms with Gasteiger partial charge in [-0.25, -0.2) is 4.79 Å². The highest BCUT2D eigenvalue weighted by atomic mass is 16.5. The molecule has 2 aromatic carbocycles. The first-order valence-electron chi connectivity index (χ1n) is 6.06. The van der Waals surface area contributed by atoms with Gasteiger partial charge >= 0.3 is 5.97 Å². The number of hydrogen-bond acceptors (Lipinski definition) is 3. The normalized spacial score (nSPS) is 10.1. The van der Waals surface area contributed by atoms with Crippen molar-refractivity contribution in [3.05, 3.63) is 53.6 Å². The Balaban J connectivity index is 2.78. The van der Waals surface area contributed by atoms with Crippen LogP contribution in [0.5, 0.6) is 5.75 Å². The van der Waals surface area contributed by atoms with Crippen molar-refractivity contribution in [3.8, 4) is 16.9 Å². The largest absolute Gasteiger partial charge is 0.496 e. The van der Waals surface area contributed by atoms with Crippen molar-refractivity contribution in [2.75, 3.05) is 7.11 Å². The zero-order valence-electron chi connectivity index (χ0n) is 11.2. The summed E-state index contributed by atoms with van der Waals surface area (Å²) in [6.45, 7) is 1.44. The third-order valence-corrected chi connectivity index (χ3v) is 3.01. The lowest BCUT2D eigenvalue weighted by molar-refractivity contribution is 0.0696. The van der Waals surface area contributed by atoms with Crippen LogP contribution in [0.1, 0.15) is 27.6 Å². The molecule has 2 rings (SSSR count). The van der Waals surface area contributed by atoms with Gasteiger partial charge in [0.15, 0.2) is 5.78 Å². The fraction of sp³-hybridized carbons (Fsp3) is 0.125. The number of carbonyl (C=O) groups excluding carboxylic acids is 1. The van der Waals surface area contributed by atoms with Gasteiger partial charge in [-0.15, -0.1) is 0 Å². The molecule has 0 unspecified atom stereocenters. The average Bonchev–Trinajstić information content (AvgIpc) is 2.46. The van der Waals surface area contributed by atoms with Gasteiger partial charge in [0.05, 0.1) is 18.2 Å². The minimum atomic E-state index is -1.06. The molecular weight excluding hydrogens is 256 g/mol. The first-order chi connectivity index (χ1) is 9.54. The minimum absolute atomic E-state index is 0.0886. The molecule has 1 N–H and O–H groups in total. The Bertz CT molecular complexity index is 660. The van der Waals surface area contributed by atoms with Crippen LogP contribution in [-0.2, 0) is 0 Å². The minimum Gasteiger partial charge on any atom is -0.496 e. The van der Waals surface area contributed by atoms with Crippen LogP contribution in [0.15, 0.2) is 42.5 Å². The molecule has 4 nitrogen and oxygen atoms in total. The van der Waals surface area contributed by atoms with Crippen LogP contribution in [0.3, 0.4) is 0 Å². The molecule has 0 aliphatic rings. The summed E-state index contributed by atoms with van der Waals surface area (Å²) in [5.74, 6) is -0.954. The van der Waals surface area contributed by atoms with Crippen molar-refractivity contribution in [2.24, 2.45) is 0 Å². The van der Waals surface area contributed by atoms with Gasteiger partial charge in [-0.1, -0.05) is 30.3 Å². The average molecular weight is 270 g/mol. The summed E-state index contributed by atoms with van der Waals surface area (Å²) in [6, 6.07) is 12.0. The van der Waals surface area contributed by atoms with Gasteiger partial charge in [0, 0.05) is 0 Å². The molecule has 20 heavy (non-hydrogen) atoms. The lowest BCUT2D eigenvalue weighted by atomic mass is 9.94. The van der Waals surface area contributed by atoms with Crippen molar-refractivity contribution < 1.29 is 19.4 Å². The number of Topliss-reactive ketones (excluding diaryl/α,β-unsaturated/α-hetero) is 1. The number of carboxylic acids is 1. The molecule has 0 spiro atoms. The van der Waals surface area contributed by atoms with Crippen molar-refractivity contribution in [2.45, 2.75) is 6.92 Å². The number of aromatic carboxylic acids is 1. The Hall–Kier alpha value is -2.62. The van der Waals surface area contributed by atoms with E-state index in [1.165, 1.54) is 26.2 Å². The Morgan fingerprint density at radius 3 is 2.25 bits per heavy atom. The summed E-state index contributed by atoms with van der Waals surface area (Å²) < 4.78 is 5.18. The zero-order chi connectivity index (χ0) is 14.7. The molecule has 0 saturated heterocycles. The van der Waals surface area contributed by atoms with Crippen molar-refractivity contribution in [1.82, 2.24) is 0 Å². The van der Waals surface area contributed by atoms with Gasteiger partial charge in [0.25, 0.3) is 0 Å². The highest BCUT2D eigenvalue weighted by Gasteiger charge is 2.19. The Kier molecular flexibility index (Phi) is 3.84. The Morgan fingerprint density at radius 1 is 1.10 bits per heavy atom. The maximum atomic E-state index is 11.9. The maximum Gasteiger partial charge on any atom is 0.335 e. The summed E-state index contributed by atoms with van der Waals surface area (Å²) in [5.41, 5.74) is 1.82. The number of benzene rings is 2. The van der Waals surface area contributed by atoms with E-state index in [4.69, 9.17) is 9.84 Å². The highest BCUT2D eigenvalue weighted by Crippen LogP contribution is 2.32. The molecule has 0 aromatic heterocycles. The molecule has 0 saturated carbocycles. The van der Waals surface area contributed by atoms with E-state index in [0.717, 1.165) is 5.56 Å². The smallest absolute Gasteiger partial charge is 0.335 e. The van der Waals surface area contributed by atoms with E-state index in [-0.39, 0.29) is 17.1 Å². The first kappa shape index (κ1) is 13.8. The fourth-order valence-corrected chi connectivity index (χ4v) is 2.11. The number of ether oxygens (including phenoxy) is 1. The van der Waals surface area contributed by atoms with Crippen LogP contribution in [-0.4, -0.2) is 24.0 Å². The first-order valence-corrected chi connectivity index (χ1v) is 6.06. The van der Waals surface area contributed by atoms with Crippen LogP contribution in [0, 0.1) is 0 Å². The van der Waals surface area contributed by atoms with E-state index in [9.17, 15) is 9.59 Å². The van der Waals surface area contributed by atoms with Crippen LogP contribution < -0.4 is 4.74 Å². The standard InChI is InChI=1S/C16H14O4/c1-10(17)15-13(11-6-4-3-5-7-11)8-12(16(18)19)9-14(15)20-2/h3-9H,1-2H3,(H,18,19). The van der Waals surface area contributed by atoms with E-state index < -0.39 is 5.97 Å². The quantitative estimate of drug-likeness (QED) is 0.866. The van der Waals surface area contributed by atoms with Gasteiger partial charge in [0.2, 0.25) is 0 Å². The molecule has 102 valence electrons. The lowest BCUT2D eigenvalue weighted by Crippen LogP contribution is -2.05. The molecule has 0 atom stereocenters. The van der Waals surface area contributed by atoms with Gasteiger partial charge < -0.3 is 9.84 Å². The van der Waals surface area contributed by atoms with Crippen LogP contribution in [0.25, 0.3) is 11.1 Å². The Labute approximate surface area is 116 Å². The predicted octanol–water partition coefficient (Wildman–Crippen LogP) is 3.26. The molecule has 0 aliphatic carbocycles. The molecular formula is C16H14O4. The van der Waals surface area contributed by atoms with Gasteiger partial charge in [-0.2, -0.15) is 0 Å². The number of methoxy groups -OCH3 is 1. The Morgan fingerprint density at radius 2 is 1.75 bits per heavy atom. The van der Waals surface area contributed by atoms with Crippen LogP contribution in [0.4, 0.5) is 0 Å². The topological polar surface area (TPSA) is 63.6 Å². The zero-order valence-corrected chi connectivity index (χ0v) is 11.2. The molecule has 0 heterocycles. The number of carboxylic acid groups (broad SMARTS) is 1. The summed E-state index contributed by atoms with van der Waals surface area (Å²) >= 11 is 0. The second kappa shape index (κ2) is 5.57. The molecule has 4 heteroatoms. The fourth-order valence-electron chi connectivity index (χ4n) is 2.11. The van der Waals surface area contributed by atoms with Crippen molar-refractivity contribution in [1.29, 1.82) is 0 Å². The molecule has 0 bridgehead atoms. The van der Waals surface area contributed by atoms with E-state index in [2.05, 4.69) is 0 Å². The summed E-state index contributed by atoms with van der Waals surface area (Å²) in [4.78, 5) is 23.1. The lowest BCUT2D eigenvalue weighted by Gasteiger charge is -2.13. The monoisotopic (exact) mass is 270 g/mol. The summed E-state index contributed by atoms with van der Waals surface area (Å²) in [7, 11) is 1.42.